The van der Waals surface area contributed by atoms with Gasteiger partial charge in [-0.15, -0.1) is 0 Å². The molecule has 0 aromatic heterocycles. The van der Waals surface area contributed by atoms with Gasteiger partial charge in [0.2, 0.25) is 0 Å². The van der Waals surface area contributed by atoms with Crippen LogP contribution in [-0.4, -0.2) is 18.4 Å². The Kier molecular flexibility index (Phi) is 6.01. The summed E-state index contributed by atoms with van der Waals surface area (Å²) in [6.07, 6.45) is 0. The number of benzene rings is 2. The molecule has 5 nitrogen and oxygen atoms in total. The second kappa shape index (κ2) is 7.99. The van der Waals surface area contributed by atoms with Gasteiger partial charge in [0, 0.05) is 10.0 Å². The lowest BCUT2D eigenvalue weighted by atomic mass is 10.2. The van der Waals surface area contributed by atoms with E-state index in [1.165, 1.54) is 0 Å². The Morgan fingerprint density at radius 1 is 1.09 bits per heavy atom. The topological polar surface area (TPSA) is 67.4 Å². The van der Waals surface area contributed by atoms with E-state index in [-0.39, 0.29) is 5.56 Å². The molecular formula is C16H14BrClN2O3. The van der Waals surface area contributed by atoms with Crippen LogP contribution in [0.5, 0.6) is 5.75 Å². The van der Waals surface area contributed by atoms with Crippen molar-refractivity contribution in [3.63, 3.8) is 0 Å². The number of nitrogens with one attached hydrogen (secondary N) is 2. The van der Waals surface area contributed by atoms with E-state index in [0.717, 1.165) is 0 Å². The maximum Gasteiger partial charge on any atom is 0.271 e. The molecule has 2 N–H and O–H groups in total. The van der Waals surface area contributed by atoms with Crippen molar-refractivity contribution in [1.29, 1.82) is 0 Å². The summed E-state index contributed by atoms with van der Waals surface area (Å²) in [7, 11) is 0. The number of carbonyl (C=O) groups excluding carboxylic acids is 2. The van der Waals surface area contributed by atoms with Gasteiger partial charge in [0.15, 0.2) is 0 Å². The van der Waals surface area contributed by atoms with Gasteiger partial charge in [-0.1, -0.05) is 27.5 Å². The van der Waals surface area contributed by atoms with Crippen LogP contribution in [0.1, 0.15) is 27.6 Å². The van der Waals surface area contributed by atoms with Crippen LogP contribution in [0.2, 0.25) is 5.02 Å². The third kappa shape index (κ3) is 4.71. The highest BCUT2D eigenvalue weighted by Gasteiger charge is 2.12. The Morgan fingerprint density at radius 2 is 1.74 bits per heavy atom. The molecule has 0 saturated carbocycles. The van der Waals surface area contributed by atoms with Crippen LogP contribution in [0.15, 0.2) is 46.9 Å². The highest BCUT2D eigenvalue weighted by atomic mass is 79.9. The summed E-state index contributed by atoms with van der Waals surface area (Å²) in [5, 5.41) is 0.293. The second-order valence-electron chi connectivity index (χ2n) is 4.49. The van der Waals surface area contributed by atoms with Crippen molar-refractivity contribution in [1.82, 2.24) is 10.9 Å². The first-order valence-corrected chi connectivity index (χ1v) is 7.97. The molecule has 2 rings (SSSR count). The van der Waals surface area contributed by atoms with Crippen molar-refractivity contribution < 1.29 is 14.3 Å². The molecule has 2 aromatic carbocycles. The van der Waals surface area contributed by atoms with Gasteiger partial charge in [0.25, 0.3) is 11.8 Å². The number of ether oxygens (including phenoxy) is 1. The summed E-state index contributed by atoms with van der Waals surface area (Å²) < 4.78 is 6.01. The molecule has 0 bridgehead atoms. The van der Waals surface area contributed by atoms with E-state index in [9.17, 15) is 9.59 Å². The molecular weight excluding hydrogens is 384 g/mol. The second-order valence-corrected chi connectivity index (χ2v) is 5.81. The maximum atomic E-state index is 12.0. The van der Waals surface area contributed by atoms with Gasteiger partial charge in [0.05, 0.1) is 17.2 Å². The van der Waals surface area contributed by atoms with Crippen molar-refractivity contribution >= 4 is 39.3 Å². The predicted octanol–water partition coefficient (Wildman–Crippen LogP) is 3.58. The third-order valence-electron chi connectivity index (χ3n) is 2.89. The maximum absolute atomic E-state index is 12.0. The van der Waals surface area contributed by atoms with Crippen LogP contribution in [0, 0.1) is 0 Å². The van der Waals surface area contributed by atoms with E-state index >= 15 is 0 Å². The highest BCUT2D eigenvalue weighted by Crippen LogP contribution is 2.20. The lowest BCUT2D eigenvalue weighted by Gasteiger charge is -2.09. The van der Waals surface area contributed by atoms with Crippen LogP contribution in [-0.2, 0) is 0 Å². The molecule has 2 amide bonds. The SMILES string of the molecule is CCOc1ccc(C(=O)NNC(=O)c2cc(Br)ccc2Cl)cc1. The molecule has 0 radical (unpaired) electrons. The smallest absolute Gasteiger partial charge is 0.271 e. The van der Waals surface area contributed by atoms with Crippen molar-refractivity contribution in [2.75, 3.05) is 6.61 Å². The minimum Gasteiger partial charge on any atom is -0.494 e. The van der Waals surface area contributed by atoms with Crippen LogP contribution < -0.4 is 15.6 Å². The molecule has 120 valence electrons. The molecule has 0 fully saturated rings. The van der Waals surface area contributed by atoms with Gasteiger partial charge in [-0.2, -0.15) is 0 Å². The first-order valence-electron chi connectivity index (χ1n) is 6.80. The molecule has 0 saturated heterocycles. The minimum atomic E-state index is -0.504. The predicted molar refractivity (Wildman–Crippen MR) is 91.7 cm³/mol. The fourth-order valence-electron chi connectivity index (χ4n) is 1.79. The summed E-state index contributed by atoms with van der Waals surface area (Å²) in [5.41, 5.74) is 5.33. The zero-order valence-electron chi connectivity index (χ0n) is 12.2. The van der Waals surface area contributed by atoms with E-state index in [0.29, 0.717) is 27.4 Å². The largest absolute Gasteiger partial charge is 0.494 e. The summed E-state index contributed by atoms with van der Waals surface area (Å²) in [6, 6.07) is 11.5. The van der Waals surface area contributed by atoms with Crippen LogP contribution >= 0.6 is 27.5 Å². The van der Waals surface area contributed by atoms with Gasteiger partial charge >= 0.3 is 0 Å². The fourth-order valence-corrected chi connectivity index (χ4v) is 2.36. The van der Waals surface area contributed by atoms with Gasteiger partial charge in [-0.25, -0.2) is 0 Å². The van der Waals surface area contributed by atoms with Crippen molar-refractivity contribution in [3.05, 3.63) is 63.1 Å². The molecule has 0 aliphatic rings. The summed E-state index contributed by atoms with van der Waals surface area (Å²) in [4.78, 5) is 24.0. The Bertz CT molecular complexity index is 720. The Balaban J connectivity index is 1.98. The number of hydrogen-bond acceptors (Lipinski definition) is 3. The van der Waals surface area contributed by atoms with E-state index in [2.05, 4.69) is 26.8 Å². The van der Waals surface area contributed by atoms with E-state index in [1.54, 1.807) is 42.5 Å². The standard InChI is InChI=1S/C16H14BrClN2O3/c1-2-23-12-6-3-10(4-7-12)15(21)19-20-16(22)13-9-11(17)5-8-14(13)18/h3-9H,2H2,1H3,(H,19,21)(H,20,22). The van der Waals surface area contributed by atoms with E-state index < -0.39 is 11.8 Å². The number of rotatable bonds is 4. The molecule has 0 heterocycles. The van der Waals surface area contributed by atoms with E-state index in [1.807, 2.05) is 6.92 Å². The zero-order chi connectivity index (χ0) is 16.8. The average molecular weight is 398 g/mol. The van der Waals surface area contributed by atoms with Crippen molar-refractivity contribution in [2.24, 2.45) is 0 Å². The molecule has 0 spiro atoms. The minimum absolute atomic E-state index is 0.257. The van der Waals surface area contributed by atoms with Gasteiger partial charge in [-0.3, -0.25) is 20.4 Å². The van der Waals surface area contributed by atoms with Gasteiger partial charge < -0.3 is 4.74 Å². The van der Waals surface area contributed by atoms with Crippen LogP contribution in [0.4, 0.5) is 0 Å². The summed E-state index contributed by atoms with van der Waals surface area (Å²) in [6.45, 7) is 2.43. The lowest BCUT2D eigenvalue weighted by Crippen LogP contribution is -2.41. The van der Waals surface area contributed by atoms with Gasteiger partial charge in [0.1, 0.15) is 5.75 Å². The molecule has 0 unspecified atom stereocenters. The van der Waals surface area contributed by atoms with E-state index in [4.69, 9.17) is 16.3 Å². The van der Waals surface area contributed by atoms with Crippen molar-refractivity contribution in [3.8, 4) is 5.75 Å². The zero-order valence-corrected chi connectivity index (χ0v) is 14.6. The molecule has 0 aliphatic heterocycles. The average Bonchev–Trinajstić information content (AvgIpc) is 2.55. The molecule has 2 aromatic rings. The highest BCUT2D eigenvalue weighted by molar-refractivity contribution is 9.10. The third-order valence-corrected chi connectivity index (χ3v) is 3.71. The fraction of sp³-hybridized carbons (Fsp3) is 0.125. The number of halogens is 2. The normalized spacial score (nSPS) is 10.0. The quantitative estimate of drug-likeness (QED) is 0.775. The molecule has 7 heteroatoms. The van der Waals surface area contributed by atoms with Crippen LogP contribution in [0.25, 0.3) is 0 Å². The Hall–Kier alpha value is -2.05. The molecule has 0 atom stereocenters. The molecule has 0 aliphatic carbocycles. The Morgan fingerprint density at radius 3 is 2.39 bits per heavy atom. The first-order chi connectivity index (χ1) is 11.0. The van der Waals surface area contributed by atoms with Gasteiger partial charge in [-0.05, 0) is 49.4 Å². The summed E-state index contributed by atoms with van der Waals surface area (Å²) >= 11 is 9.23. The number of amides is 2. The van der Waals surface area contributed by atoms with Crippen LogP contribution in [0.3, 0.4) is 0 Å². The number of carbonyl (C=O) groups is 2. The number of hydrazine groups is 1. The molecule has 23 heavy (non-hydrogen) atoms. The van der Waals surface area contributed by atoms with Crippen molar-refractivity contribution in [2.45, 2.75) is 6.92 Å². The lowest BCUT2D eigenvalue weighted by molar-refractivity contribution is 0.0846. The first kappa shape index (κ1) is 17.3. The summed E-state index contributed by atoms with van der Waals surface area (Å²) in [5.74, 6) is -0.267. The number of hydrogen-bond donors (Lipinski definition) is 2. The monoisotopic (exact) mass is 396 g/mol. The Labute approximate surface area is 147 Å².